The zero-order chi connectivity index (χ0) is 12.2. The standard InChI is InChI=1S/C11H14Br2O2/c1-7(12)5-11(9(3)14,10(4)15)6-8(2)13/h1-2,5-6H2,3-4H3. The van der Waals surface area contributed by atoms with Gasteiger partial charge in [0.1, 0.15) is 11.6 Å². The lowest BCUT2D eigenvalue weighted by Gasteiger charge is -2.28. The summed E-state index contributed by atoms with van der Waals surface area (Å²) in [7, 11) is 0. The van der Waals surface area contributed by atoms with Crippen molar-refractivity contribution in [2.75, 3.05) is 0 Å². The molecule has 0 fully saturated rings. The van der Waals surface area contributed by atoms with Gasteiger partial charge in [0.15, 0.2) is 0 Å². The van der Waals surface area contributed by atoms with E-state index >= 15 is 0 Å². The molecule has 0 aromatic rings. The summed E-state index contributed by atoms with van der Waals surface area (Å²) >= 11 is 6.39. The second-order valence-corrected chi connectivity index (χ2v) is 5.83. The van der Waals surface area contributed by atoms with E-state index in [0.717, 1.165) is 0 Å². The SMILES string of the molecule is C=C(Br)CC(CC(=C)Br)(C(C)=O)C(C)=O. The molecule has 0 amide bonds. The highest BCUT2D eigenvalue weighted by Gasteiger charge is 2.40. The number of carbonyl (C=O) groups is 2. The lowest BCUT2D eigenvalue weighted by molar-refractivity contribution is -0.138. The van der Waals surface area contributed by atoms with Crippen molar-refractivity contribution in [1.29, 1.82) is 0 Å². The number of rotatable bonds is 6. The molecular weight excluding hydrogens is 324 g/mol. The van der Waals surface area contributed by atoms with E-state index in [4.69, 9.17) is 0 Å². The molecule has 0 heterocycles. The summed E-state index contributed by atoms with van der Waals surface area (Å²) < 4.78 is 1.28. The van der Waals surface area contributed by atoms with Crippen molar-refractivity contribution >= 4 is 43.4 Å². The van der Waals surface area contributed by atoms with Crippen LogP contribution in [0.15, 0.2) is 22.1 Å². The van der Waals surface area contributed by atoms with E-state index in [1.807, 2.05) is 0 Å². The van der Waals surface area contributed by atoms with Gasteiger partial charge < -0.3 is 0 Å². The highest BCUT2D eigenvalue weighted by Crippen LogP contribution is 2.37. The van der Waals surface area contributed by atoms with Gasteiger partial charge in [0.2, 0.25) is 0 Å². The van der Waals surface area contributed by atoms with Gasteiger partial charge in [-0.2, -0.15) is 0 Å². The third-order valence-corrected chi connectivity index (χ3v) is 2.90. The molecule has 0 N–H and O–H groups in total. The monoisotopic (exact) mass is 336 g/mol. The molecule has 15 heavy (non-hydrogen) atoms. The first kappa shape index (κ1) is 14.8. The van der Waals surface area contributed by atoms with E-state index in [1.54, 1.807) is 0 Å². The molecule has 0 atom stereocenters. The number of carbonyl (C=O) groups excluding carboxylic acids is 2. The molecule has 0 unspecified atom stereocenters. The Bertz CT molecular complexity index is 287. The van der Waals surface area contributed by atoms with Crippen LogP contribution in [0.3, 0.4) is 0 Å². The normalized spacial score (nSPS) is 10.9. The Hall–Kier alpha value is -0.220. The predicted molar refractivity (Wildman–Crippen MR) is 69.2 cm³/mol. The minimum Gasteiger partial charge on any atom is -0.299 e. The fourth-order valence-corrected chi connectivity index (χ4v) is 2.42. The maximum atomic E-state index is 11.6. The molecule has 0 saturated carbocycles. The van der Waals surface area contributed by atoms with Gasteiger partial charge in [0.25, 0.3) is 0 Å². The third-order valence-electron chi connectivity index (χ3n) is 2.34. The van der Waals surface area contributed by atoms with Crippen LogP contribution in [0.1, 0.15) is 26.7 Å². The molecule has 0 aliphatic heterocycles. The van der Waals surface area contributed by atoms with Crippen LogP contribution in [0.5, 0.6) is 0 Å². The highest BCUT2D eigenvalue weighted by molar-refractivity contribution is 9.12. The molecule has 0 bridgehead atoms. The van der Waals surface area contributed by atoms with E-state index in [9.17, 15) is 9.59 Å². The fraction of sp³-hybridized carbons (Fsp3) is 0.455. The van der Waals surface area contributed by atoms with Crippen LogP contribution in [-0.2, 0) is 9.59 Å². The Kier molecular flexibility index (Phi) is 5.67. The zero-order valence-electron chi connectivity index (χ0n) is 8.90. The lowest BCUT2D eigenvalue weighted by atomic mass is 9.74. The van der Waals surface area contributed by atoms with Gasteiger partial charge in [-0.3, -0.25) is 9.59 Å². The Labute approximate surface area is 107 Å². The van der Waals surface area contributed by atoms with Crippen molar-refractivity contribution in [1.82, 2.24) is 0 Å². The van der Waals surface area contributed by atoms with Crippen LogP contribution < -0.4 is 0 Å². The lowest BCUT2D eigenvalue weighted by Crippen LogP contribution is -2.36. The maximum Gasteiger partial charge on any atom is 0.144 e. The average Bonchev–Trinajstić information content (AvgIpc) is 1.99. The summed E-state index contributed by atoms with van der Waals surface area (Å²) in [6.07, 6.45) is 0.616. The van der Waals surface area contributed by atoms with E-state index in [1.165, 1.54) is 13.8 Å². The Morgan fingerprint density at radius 1 is 1.00 bits per heavy atom. The molecule has 0 rings (SSSR count). The molecule has 0 saturated heterocycles. The zero-order valence-corrected chi connectivity index (χ0v) is 12.1. The van der Waals surface area contributed by atoms with Crippen LogP contribution in [0.25, 0.3) is 0 Å². The van der Waals surface area contributed by atoms with E-state index < -0.39 is 5.41 Å². The van der Waals surface area contributed by atoms with Crippen molar-refractivity contribution in [3.05, 3.63) is 22.1 Å². The summed E-state index contributed by atoms with van der Waals surface area (Å²) in [6.45, 7) is 10.2. The number of ketones is 2. The first-order valence-electron chi connectivity index (χ1n) is 4.41. The summed E-state index contributed by atoms with van der Waals surface area (Å²) in [5, 5.41) is 0. The first-order chi connectivity index (χ1) is 6.72. The summed E-state index contributed by atoms with van der Waals surface area (Å²) in [5.74, 6) is -0.313. The van der Waals surface area contributed by atoms with Crippen LogP contribution in [0, 0.1) is 5.41 Å². The van der Waals surface area contributed by atoms with Gasteiger partial charge in [-0.05, 0) is 35.7 Å². The first-order valence-corrected chi connectivity index (χ1v) is 5.99. The Balaban J connectivity index is 5.26. The summed E-state index contributed by atoms with van der Waals surface area (Å²) in [6, 6.07) is 0. The average molecular weight is 338 g/mol. The second kappa shape index (κ2) is 5.75. The van der Waals surface area contributed by atoms with Crippen molar-refractivity contribution < 1.29 is 9.59 Å². The van der Waals surface area contributed by atoms with Gasteiger partial charge in [-0.25, -0.2) is 0 Å². The predicted octanol–water partition coefficient (Wildman–Crippen LogP) is 3.75. The van der Waals surface area contributed by atoms with E-state index in [-0.39, 0.29) is 11.6 Å². The van der Waals surface area contributed by atoms with E-state index in [2.05, 4.69) is 45.0 Å². The van der Waals surface area contributed by atoms with Crippen LogP contribution in [0.2, 0.25) is 0 Å². The topological polar surface area (TPSA) is 34.1 Å². The Morgan fingerprint density at radius 2 is 1.27 bits per heavy atom. The van der Waals surface area contributed by atoms with Crippen molar-refractivity contribution in [3.63, 3.8) is 0 Å². The van der Waals surface area contributed by atoms with Gasteiger partial charge in [-0.1, -0.05) is 45.0 Å². The second-order valence-electron chi connectivity index (χ2n) is 3.58. The summed E-state index contributed by atoms with van der Waals surface area (Å²) in [4.78, 5) is 23.3. The largest absolute Gasteiger partial charge is 0.299 e. The molecule has 84 valence electrons. The molecule has 0 aromatic carbocycles. The van der Waals surface area contributed by atoms with Crippen molar-refractivity contribution in [2.45, 2.75) is 26.7 Å². The van der Waals surface area contributed by atoms with Gasteiger partial charge in [0.05, 0.1) is 5.41 Å². The minimum absolute atomic E-state index is 0.156. The van der Waals surface area contributed by atoms with Crippen LogP contribution >= 0.6 is 31.9 Å². The molecule has 0 aliphatic rings. The number of halogens is 2. The molecule has 2 nitrogen and oxygen atoms in total. The summed E-state index contributed by atoms with van der Waals surface area (Å²) in [5.41, 5.74) is -1.03. The fourth-order valence-electron chi connectivity index (χ4n) is 1.46. The van der Waals surface area contributed by atoms with Gasteiger partial charge >= 0.3 is 0 Å². The smallest absolute Gasteiger partial charge is 0.144 e. The molecule has 0 aromatic heterocycles. The number of hydrogen-bond acceptors (Lipinski definition) is 2. The molecule has 0 spiro atoms. The number of Topliss-reactive ketones (excluding diaryl/α,β-unsaturated/α-hetero) is 2. The number of allylic oxidation sites excluding steroid dienone is 2. The Morgan fingerprint density at radius 3 is 1.40 bits per heavy atom. The highest BCUT2D eigenvalue weighted by atomic mass is 79.9. The van der Waals surface area contributed by atoms with Gasteiger partial charge in [0, 0.05) is 0 Å². The van der Waals surface area contributed by atoms with Crippen LogP contribution in [-0.4, -0.2) is 11.6 Å². The minimum atomic E-state index is -1.03. The quantitative estimate of drug-likeness (QED) is 0.692. The van der Waals surface area contributed by atoms with Crippen LogP contribution in [0.4, 0.5) is 0 Å². The van der Waals surface area contributed by atoms with Crippen molar-refractivity contribution in [2.24, 2.45) is 5.41 Å². The molecule has 0 aliphatic carbocycles. The molecule has 0 radical (unpaired) electrons. The van der Waals surface area contributed by atoms with E-state index in [0.29, 0.717) is 21.8 Å². The third kappa shape index (κ3) is 4.03. The van der Waals surface area contributed by atoms with Gasteiger partial charge in [-0.15, -0.1) is 0 Å². The van der Waals surface area contributed by atoms with Crippen molar-refractivity contribution in [3.8, 4) is 0 Å². The molecular formula is C11H14Br2O2. The molecule has 4 heteroatoms. The maximum absolute atomic E-state index is 11.6. The number of hydrogen-bond donors (Lipinski definition) is 0.